The topological polar surface area (TPSA) is 12.5 Å². The predicted octanol–water partition coefficient (Wildman–Crippen LogP) is 3.71. The van der Waals surface area contributed by atoms with E-state index >= 15 is 0 Å². The third-order valence-electron chi connectivity index (χ3n) is 3.69. The van der Waals surface area contributed by atoms with Crippen LogP contribution in [-0.2, 0) is 11.3 Å². The van der Waals surface area contributed by atoms with Gasteiger partial charge in [0, 0.05) is 19.6 Å². The van der Waals surface area contributed by atoms with Gasteiger partial charge in [-0.25, -0.2) is 0 Å². The highest BCUT2D eigenvalue weighted by Gasteiger charge is 2.22. The number of morpholine rings is 1. The maximum atomic E-state index is 5.90. The zero-order chi connectivity index (χ0) is 13.7. The van der Waals surface area contributed by atoms with E-state index in [2.05, 4.69) is 56.0 Å². The zero-order valence-corrected chi connectivity index (χ0v) is 12.6. The average molecular weight is 261 g/mol. The molecular formula is C17H27NO. The van der Waals surface area contributed by atoms with Gasteiger partial charge >= 0.3 is 0 Å². The molecule has 0 amide bonds. The minimum Gasteiger partial charge on any atom is -0.376 e. The van der Waals surface area contributed by atoms with E-state index in [1.165, 1.54) is 18.4 Å². The van der Waals surface area contributed by atoms with Gasteiger partial charge in [-0.1, -0.05) is 51.1 Å². The van der Waals surface area contributed by atoms with Crippen molar-refractivity contribution in [2.24, 2.45) is 5.41 Å². The molecule has 1 aromatic rings. The maximum Gasteiger partial charge on any atom is 0.0703 e. The Bertz CT molecular complexity index is 369. The lowest BCUT2D eigenvalue weighted by Crippen LogP contribution is -2.42. The highest BCUT2D eigenvalue weighted by Crippen LogP contribution is 2.24. The largest absolute Gasteiger partial charge is 0.376 e. The lowest BCUT2D eigenvalue weighted by Gasteiger charge is -2.34. The molecule has 0 N–H and O–H groups in total. The normalized spacial score (nSPS) is 21.5. The number of hydrogen-bond donors (Lipinski definition) is 0. The van der Waals surface area contributed by atoms with Gasteiger partial charge in [-0.3, -0.25) is 4.90 Å². The SMILES string of the molecule is CC(C)(C)CCC1CN(Cc2ccccc2)CCO1. The molecule has 1 aliphatic heterocycles. The molecule has 0 aliphatic carbocycles. The van der Waals surface area contributed by atoms with E-state index in [0.717, 1.165) is 26.2 Å². The summed E-state index contributed by atoms with van der Waals surface area (Å²) in [5.41, 5.74) is 1.81. The molecule has 1 saturated heterocycles. The molecule has 1 aromatic carbocycles. The Balaban J connectivity index is 1.80. The second-order valence-electron chi connectivity index (χ2n) is 6.81. The van der Waals surface area contributed by atoms with Gasteiger partial charge in [0.25, 0.3) is 0 Å². The van der Waals surface area contributed by atoms with Crippen LogP contribution in [-0.4, -0.2) is 30.7 Å². The van der Waals surface area contributed by atoms with Gasteiger partial charge in [-0.05, 0) is 23.8 Å². The van der Waals surface area contributed by atoms with Crippen LogP contribution in [0.4, 0.5) is 0 Å². The molecule has 106 valence electrons. The highest BCUT2D eigenvalue weighted by atomic mass is 16.5. The monoisotopic (exact) mass is 261 g/mol. The molecule has 1 aliphatic rings. The fourth-order valence-corrected chi connectivity index (χ4v) is 2.53. The Hall–Kier alpha value is -0.860. The van der Waals surface area contributed by atoms with Crippen molar-refractivity contribution >= 4 is 0 Å². The van der Waals surface area contributed by atoms with Crippen molar-refractivity contribution in [2.45, 2.75) is 46.3 Å². The molecule has 0 radical (unpaired) electrons. The van der Waals surface area contributed by atoms with Gasteiger partial charge in [0.05, 0.1) is 12.7 Å². The van der Waals surface area contributed by atoms with Crippen LogP contribution in [0.1, 0.15) is 39.2 Å². The van der Waals surface area contributed by atoms with Gasteiger partial charge in [0.2, 0.25) is 0 Å². The molecule has 0 bridgehead atoms. The molecule has 0 spiro atoms. The number of rotatable bonds is 4. The highest BCUT2D eigenvalue weighted by molar-refractivity contribution is 5.14. The van der Waals surface area contributed by atoms with Gasteiger partial charge in [-0.2, -0.15) is 0 Å². The summed E-state index contributed by atoms with van der Waals surface area (Å²) in [5, 5.41) is 0. The number of nitrogens with zero attached hydrogens (tertiary/aromatic N) is 1. The molecule has 1 atom stereocenters. The molecule has 1 unspecified atom stereocenters. The van der Waals surface area contributed by atoms with Crippen LogP contribution >= 0.6 is 0 Å². The summed E-state index contributed by atoms with van der Waals surface area (Å²) in [5.74, 6) is 0. The lowest BCUT2D eigenvalue weighted by atomic mass is 9.89. The van der Waals surface area contributed by atoms with Crippen molar-refractivity contribution < 1.29 is 4.74 Å². The Morgan fingerprint density at radius 3 is 2.63 bits per heavy atom. The third kappa shape index (κ3) is 5.33. The molecule has 2 nitrogen and oxygen atoms in total. The zero-order valence-electron chi connectivity index (χ0n) is 12.6. The maximum absolute atomic E-state index is 5.90. The summed E-state index contributed by atoms with van der Waals surface area (Å²) in [6.45, 7) is 11.0. The number of hydrogen-bond acceptors (Lipinski definition) is 2. The summed E-state index contributed by atoms with van der Waals surface area (Å²) in [6.07, 6.45) is 2.82. The van der Waals surface area contributed by atoms with Crippen molar-refractivity contribution in [3.63, 3.8) is 0 Å². The van der Waals surface area contributed by atoms with E-state index in [1.807, 2.05) is 0 Å². The Morgan fingerprint density at radius 1 is 1.21 bits per heavy atom. The lowest BCUT2D eigenvalue weighted by molar-refractivity contribution is -0.0389. The van der Waals surface area contributed by atoms with Crippen LogP contribution in [0.25, 0.3) is 0 Å². The summed E-state index contributed by atoms with van der Waals surface area (Å²) >= 11 is 0. The van der Waals surface area contributed by atoms with Gasteiger partial charge in [0.1, 0.15) is 0 Å². The smallest absolute Gasteiger partial charge is 0.0703 e. The summed E-state index contributed by atoms with van der Waals surface area (Å²) in [7, 11) is 0. The quantitative estimate of drug-likeness (QED) is 0.819. The first kappa shape index (κ1) is 14.5. The van der Waals surface area contributed by atoms with Crippen LogP contribution in [0, 0.1) is 5.41 Å². The van der Waals surface area contributed by atoms with Gasteiger partial charge < -0.3 is 4.74 Å². The van der Waals surface area contributed by atoms with Crippen molar-refractivity contribution in [2.75, 3.05) is 19.7 Å². The van der Waals surface area contributed by atoms with E-state index in [4.69, 9.17) is 4.74 Å². The first-order valence-electron chi connectivity index (χ1n) is 7.41. The minimum atomic E-state index is 0.408. The van der Waals surface area contributed by atoms with Crippen LogP contribution in [0.3, 0.4) is 0 Å². The Kier molecular flexibility index (Phi) is 5.00. The Morgan fingerprint density at radius 2 is 1.95 bits per heavy atom. The van der Waals surface area contributed by atoms with Crippen molar-refractivity contribution in [3.8, 4) is 0 Å². The molecule has 2 rings (SSSR count). The molecule has 0 saturated carbocycles. The molecular weight excluding hydrogens is 234 g/mol. The molecule has 1 fully saturated rings. The molecule has 0 aromatic heterocycles. The number of benzene rings is 1. The van der Waals surface area contributed by atoms with Crippen LogP contribution in [0.15, 0.2) is 30.3 Å². The van der Waals surface area contributed by atoms with Crippen molar-refractivity contribution in [1.29, 1.82) is 0 Å². The predicted molar refractivity (Wildman–Crippen MR) is 80.1 cm³/mol. The van der Waals surface area contributed by atoms with E-state index in [0.29, 0.717) is 11.5 Å². The van der Waals surface area contributed by atoms with E-state index in [1.54, 1.807) is 0 Å². The summed E-state index contributed by atoms with van der Waals surface area (Å²) in [4.78, 5) is 2.52. The van der Waals surface area contributed by atoms with Gasteiger partial charge in [-0.15, -0.1) is 0 Å². The van der Waals surface area contributed by atoms with Crippen molar-refractivity contribution in [1.82, 2.24) is 4.90 Å². The fraction of sp³-hybridized carbons (Fsp3) is 0.647. The van der Waals surface area contributed by atoms with E-state index in [9.17, 15) is 0 Å². The van der Waals surface area contributed by atoms with Crippen LogP contribution < -0.4 is 0 Å². The standard InChI is InChI=1S/C17H27NO/c1-17(2,3)10-9-16-14-18(11-12-19-16)13-15-7-5-4-6-8-15/h4-8,16H,9-14H2,1-3H3. The summed E-state index contributed by atoms with van der Waals surface area (Å²) < 4.78 is 5.90. The Labute approximate surface area is 117 Å². The third-order valence-corrected chi connectivity index (χ3v) is 3.69. The molecule has 19 heavy (non-hydrogen) atoms. The minimum absolute atomic E-state index is 0.408. The number of ether oxygens (including phenoxy) is 1. The van der Waals surface area contributed by atoms with E-state index < -0.39 is 0 Å². The fourth-order valence-electron chi connectivity index (χ4n) is 2.53. The molecule has 1 heterocycles. The first-order chi connectivity index (χ1) is 9.03. The van der Waals surface area contributed by atoms with Crippen molar-refractivity contribution in [3.05, 3.63) is 35.9 Å². The first-order valence-corrected chi connectivity index (χ1v) is 7.41. The van der Waals surface area contributed by atoms with E-state index in [-0.39, 0.29) is 0 Å². The summed E-state index contributed by atoms with van der Waals surface area (Å²) in [6, 6.07) is 10.7. The van der Waals surface area contributed by atoms with Crippen LogP contribution in [0.2, 0.25) is 0 Å². The second-order valence-corrected chi connectivity index (χ2v) is 6.81. The van der Waals surface area contributed by atoms with Crippen LogP contribution in [0.5, 0.6) is 0 Å². The molecule has 2 heteroatoms. The average Bonchev–Trinajstić information content (AvgIpc) is 2.37. The van der Waals surface area contributed by atoms with Gasteiger partial charge in [0.15, 0.2) is 0 Å². The second kappa shape index (κ2) is 6.53.